The largest absolute Gasteiger partial charge is 0.355 e. The first kappa shape index (κ1) is 10.1. The van der Waals surface area contributed by atoms with Crippen LogP contribution in [0.3, 0.4) is 0 Å². The van der Waals surface area contributed by atoms with Crippen molar-refractivity contribution in [1.29, 1.82) is 0 Å². The van der Waals surface area contributed by atoms with Crippen molar-refractivity contribution in [3.8, 4) is 0 Å². The van der Waals surface area contributed by atoms with Crippen LogP contribution in [-0.2, 0) is 0 Å². The number of nitrogens with zero attached hydrogens (tertiary/aromatic N) is 2. The summed E-state index contributed by atoms with van der Waals surface area (Å²) in [6.07, 6.45) is 0. The van der Waals surface area contributed by atoms with Crippen molar-refractivity contribution in [3.63, 3.8) is 0 Å². The van der Waals surface area contributed by atoms with E-state index in [4.69, 9.17) is 0 Å². The van der Waals surface area contributed by atoms with E-state index in [2.05, 4.69) is 29.0 Å². The molecule has 2 nitrogen and oxygen atoms in total. The molecule has 1 aliphatic rings. The second-order valence-electron chi connectivity index (χ2n) is 4.23. The van der Waals surface area contributed by atoms with Crippen LogP contribution in [-0.4, -0.2) is 13.7 Å². The van der Waals surface area contributed by atoms with Crippen LogP contribution >= 0.6 is 0 Å². The number of halogens is 1. The van der Waals surface area contributed by atoms with Gasteiger partial charge in [0, 0.05) is 12.7 Å². The average Bonchev–Trinajstić information content (AvgIpc) is 2.69. The second-order valence-corrected chi connectivity index (χ2v) is 4.23. The molecule has 1 aliphatic heterocycles. The molecule has 0 fully saturated rings. The van der Waals surface area contributed by atoms with Crippen LogP contribution in [0.5, 0.6) is 0 Å². The Balaban J connectivity index is 2.04. The molecule has 2 aromatic carbocycles. The first-order valence-corrected chi connectivity index (χ1v) is 5.59. The SMILES string of the molecule is CN1CN(c2ccc(F)cc2)c2ccccc21. The van der Waals surface area contributed by atoms with Crippen molar-refractivity contribution in [1.82, 2.24) is 0 Å². The number of hydrogen-bond acceptors (Lipinski definition) is 2. The highest BCUT2D eigenvalue weighted by Crippen LogP contribution is 2.39. The van der Waals surface area contributed by atoms with Gasteiger partial charge in [-0.05, 0) is 36.4 Å². The summed E-state index contributed by atoms with van der Waals surface area (Å²) in [5, 5.41) is 0. The Morgan fingerprint density at radius 3 is 2.29 bits per heavy atom. The Labute approximate surface area is 99.9 Å². The highest BCUT2D eigenvalue weighted by molar-refractivity contribution is 5.81. The Kier molecular flexibility index (Phi) is 2.25. The van der Waals surface area contributed by atoms with E-state index in [-0.39, 0.29) is 5.82 Å². The summed E-state index contributed by atoms with van der Waals surface area (Å²) in [5.41, 5.74) is 3.39. The molecule has 0 bridgehead atoms. The van der Waals surface area contributed by atoms with E-state index in [1.165, 1.54) is 23.5 Å². The van der Waals surface area contributed by atoms with Crippen molar-refractivity contribution in [2.24, 2.45) is 0 Å². The van der Waals surface area contributed by atoms with E-state index in [0.717, 1.165) is 12.4 Å². The first-order chi connectivity index (χ1) is 8.25. The molecule has 17 heavy (non-hydrogen) atoms. The van der Waals surface area contributed by atoms with Gasteiger partial charge in [-0.2, -0.15) is 0 Å². The third-order valence-electron chi connectivity index (χ3n) is 3.08. The minimum atomic E-state index is -0.199. The molecule has 0 aromatic heterocycles. The van der Waals surface area contributed by atoms with Gasteiger partial charge in [0.2, 0.25) is 0 Å². The van der Waals surface area contributed by atoms with Gasteiger partial charge in [-0.3, -0.25) is 0 Å². The van der Waals surface area contributed by atoms with Gasteiger partial charge in [-0.1, -0.05) is 12.1 Å². The molecule has 0 amide bonds. The lowest BCUT2D eigenvalue weighted by molar-refractivity contribution is 0.628. The molecule has 0 saturated heterocycles. The van der Waals surface area contributed by atoms with E-state index in [9.17, 15) is 4.39 Å². The number of benzene rings is 2. The fourth-order valence-corrected chi connectivity index (χ4v) is 2.22. The number of fused-ring (bicyclic) bond motifs is 1. The highest BCUT2D eigenvalue weighted by Gasteiger charge is 2.23. The molecule has 86 valence electrons. The monoisotopic (exact) mass is 228 g/mol. The lowest BCUT2D eigenvalue weighted by Gasteiger charge is -2.19. The molecular weight excluding hydrogens is 215 g/mol. The van der Waals surface area contributed by atoms with Gasteiger partial charge in [0.05, 0.1) is 18.0 Å². The van der Waals surface area contributed by atoms with Gasteiger partial charge in [-0.25, -0.2) is 4.39 Å². The predicted molar refractivity (Wildman–Crippen MR) is 68.3 cm³/mol. The molecule has 0 saturated carbocycles. The smallest absolute Gasteiger partial charge is 0.123 e. The molecule has 0 spiro atoms. The Morgan fingerprint density at radius 2 is 1.59 bits per heavy atom. The molecule has 0 unspecified atom stereocenters. The summed E-state index contributed by atoms with van der Waals surface area (Å²) in [7, 11) is 2.06. The zero-order valence-electron chi connectivity index (χ0n) is 9.60. The molecular formula is C14H13FN2. The Bertz CT molecular complexity index is 536. The minimum Gasteiger partial charge on any atom is -0.355 e. The third kappa shape index (κ3) is 1.64. The van der Waals surface area contributed by atoms with Gasteiger partial charge in [0.1, 0.15) is 5.82 Å². The molecule has 3 heteroatoms. The van der Waals surface area contributed by atoms with Crippen molar-refractivity contribution in [2.45, 2.75) is 0 Å². The molecule has 0 aliphatic carbocycles. The summed E-state index contributed by atoms with van der Waals surface area (Å²) in [5.74, 6) is -0.199. The third-order valence-corrected chi connectivity index (χ3v) is 3.08. The Morgan fingerprint density at radius 1 is 0.941 bits per heavy atom. The molecule has 3 rings (SSSR count). The number of hydrogen-bond donors (Lipinski definition) is 0. The maximum atomic E-state index is 12.9. The normalized spacial score (nSPS) is 14.0. The minimum absolute atomic E-state index is 0.199. The van der Waals surface area contributed by atoms with Crippen LogP contribution in [0.2, 0.25) is 0 Å². The van der Waals surface area contributed by atoms with Crippen LogP contribution in [0, 0.1) is 5.82 Å². The highest BCUT2D eigenvalue weighted by atomic mass is 19.1. The van der Waals surface area contributed by atoms with E-state index in [0.29, 0.717) is 0 Å². The topological polar surface area (TPSA) is 6.48 Å². The van der Waals surface area contributed by atoms with Gasteiger partial charge >= 0.3 is 0 Å². The quantitative estimate of drug-likeness (QED) is 0.738. The fraction of sp³-hybridized carbons (Fsp3) is 0.143. The average molecular weight is 228 g/mol. The number of para-hydroxylation sites is 2. The standard InChI is InChI=1S/C14H13FN2/c1-16-10-17(12-8-6-11(15)7-9-12)14-5-3-2-4-13(14)16/h2-9H,10H2,1H3. The lowest BCUT2D eigenvalue weighted by atomic mass is 10.2. The molecule has 1 heterocycles. The van der Waals surface area contributed by atoms with Crippen molar-refractivity contribution in [2.75, 3.05) is 23.5 Å². The molecule has 2 aromatic rings. The lowest BCUT2D eigenvalue weighted by Crippen LogP contribution is -2.23. The summed E-state index contributed by atoms with van der Waals surface area (Å²) >= 11 is 0. The van der Waals surface area contributed by atoms with Gasteiger partial charge in [0.15, 0.2) is 0 Å². The Hall–Kier alpha value is -2.03. The summed E-state index contributed by atoms with van der Waals surface area (Å²) in [6.45, 7) is 0.797. The first-order valence-electron chi connectivity index (χ1n) is 5.59. The van der Waals surface area contributed by atoms with Crippen LogP contribution in [0.4, 0.5) is 21.5 Å². The van der Waals surface area contributed by atoms with Gasteiger partial charge < -0.3 is 9.80 Å². The number of anilines is 3. The van der Waals surface area contributed by atoms with E-state index in [1.807, 2.05) is 24.3 Å². The zero-order valence-corrected chi connectivity index (χ0v) is 9.60. The fourth-order valence-electron chi connectivity index (χ4n) is 2.22. The summed E-state index contributed by atoms with van der Waals surface area (Å²) in [6, 6.07) is 14.8. The van der Waals surface area contributed by atoms with Crippen LogP contribution in [0.25, 0.3) is 0 Å². The van der Waals surface area contributed by atoms with Crippen LogP contribution in [0.15, 0.2) is 48.5 Å². The maximum absolute atomic E-state index is 12.9. The number of rotatable bonds is 1. The second kappa shape index (κ2) is 3.77. The summed E-state index contributed by atoms with van der Waals surface area (Å²) < 4.78 is 12.9. The predicted octanol–water partition coefficient (Wildman–Crippen LogP) is 3.37. The van der Waals surface area contributed by atoms with Crippen molar-refractivity contribution in [3.05, 3.63) is 54.3 Å². The maximum Gasteiger partial charge on any atom is 0.123 e. The molecule has 0 atom stereocenters. The van der Waals surface area contributed by atoms with E-state index < -0.39 is 0 Å². The molecule has 0 N–H and O–H groups in total. The zero-order chi connectivity index (χ0) is 11.8. The van der Waals surface area contributed by atoms with Crippen LogP contribution < -0.4 is 9.80 Å². The van der Waals surface area contributed by atoms with E-state index in [1.54, 1.807) is 0 Å². The summed E-state index contributed by atoms with van der Waals surface area (Å²) in [4.78, 5) is 4.35. The van der Waals surface area contributed by atoms with Crippen LogP contribution in [0.1, 0.15) is 0 Å². The van der Waals surface area contributed by atoms with Gasteiger partial charge in [0.25, 0.3) is 0 Å². The molecule has 0 radical (unpaired) electrons. The van der Waals surface area contributed by atoms with Gasteiger partial charge in [-0.15, -0.1) is 0 Å². The van der Waals surface area contributed by atoms with Crippen molar-refractivity contribution < 1.29 is 4.39 Å². The van der Waals surface area contributed by atoms with Crippen molar-refractivity contribution >= 4 is 17.1 Å². The van der Waals surface area contributed by atoms with E-state index >= 15 is 0 Å².